The van der Waals surface area contributed by atoms with Crippen LogP contribution in [-0.2, 0) is 0 Å². The quantitative estimate of drug-likeness (QED) is 0.784. The maximum Gasteiger partial charge on any atom is 0.0581 e. The summed E-state index contributed by atoms with van der Waals surface area (Å²) in [6.07, 6.45) is 2.49. The van der Waals surface area contributed by atoms with E-state index in [1.165, 1.54) is 29.1 Å². The van der Waals surface area contributed by atoms with Crippen molar-refractivity contribution in [1.82, 2.24) is 5.32 Å². The number of hydrogen-bond donors (Lipinski definition) is 1. The fourth-order valence-corrected chi connectivity index (χ4v) is 3.08. The van der Waals surface area contributed by atoms with E-state index in [2.05, 4.69) is 41.4 Å². The molecule has 0 saturated carbocycles. The number of rotatable bonds is 2. The molecule has 1 unspecified atom stereocenters. The smallest absolute Gasteiger partial charge is 0.0581 e. The second-order valence-electron chi connectivity index (χ2n) is 3.89. The first-order valence-corrected chi connectivity index (χ1v) is 6.75. The highest BCUT2D eigenvalue weighted by Crippen LogP contribution is 2.34. The van der Waals surface area contributed by atoms with Gasteiger partial charge in [-0.2, -0.15) is 0 Å². The largest absolute Gasteiger partial charge is 0.299 e. The number of nitrogens with one attached hydrogen (secondary N) is 1. The standard InChI is InChI=1S/C14H17NS/c1-2-3-10-15-13-8-6-11-16-14-9-5-4-7-12(13)14/h4-5,7,9,13,15H,6,8,10-11H2,1H3. The van der Waals surface area contributed by atoms with Crippen molar-refractivity contribution >= 4 is 11.8 Å². The molecular formula is C14H17NS. The Hall–Kier alpha value is -0.910. The molecule has 1 aliphatic rings. The van der Waals surface area contributed by atoms with Crippen LogP contribution in [0.2, 0.25) is 0 Å². The molecule has 0 amide bonds. The van der Waals surface area contributed by atoms with E-state index >= 15 is 0 Å². The van der Waals surface area contributed by atoms with Crippen molar-refractivity contribution in [2.45, 2.75) is 30.7 Å². The van der Waals surface area contributed by atoms with Crippen molar-refractivity contribution in [3.63, 3.8) is 0 Å². The van der Waals surface area contributed by atoms with Gasteiger partial charge < -0.3 is 0 Å². The van der Waals surface area contributed by atoms with E-state index in [1.54, 1.807) is 0 Å². The Kier molecular flexibility index (Phi) is 4.33. The van der Waals surface area contributed by atoms with E-state index in [9.17, 15) is 0 Å². The minimum Gasteiger partial charge on any atom is -0.299 e. The highest BCUT2D eigenvalue weighted by molar-refractivity contribution is 7.99. The predicted octanol–water partition coefficient (Wildman–Crippen LogP) is 3.23. The molecule has 0 radical (unpaired) electrons. The maximum absolute atomic E-state index is 3.53. The molecule has 1 aromatic rings. The van der Waals surface area contributed by atoms with Gasteiger partial charge >= 0.3 is 0 Å². The molecule has 0 aliphatic carbocycles. The molecule has 1 atom stereocenters. The van der Waals surface area contributed by atoms with Gasteiger partial charge in [0.2, 0.25) is 0 Å². The third-order valence-corrected chi connectivity index (χ3v) is 3.98. The molecule has 0 saturated heterocycles. The van der Waals surface area contributed by atoms with Crippen molar-refractivity contribution in [3.05, 3.63) is 29.8 Å². The van der Waals surface area contributed by atoms with Crippen LogP contribution in [0.1, 0.15) is 31.4 Å². The minimum atomic E-state index is 0.479. The SMILES string of the molecule is CC#CCNC1CCCSc2ccccc21. The van der Waals surface area contributed by atoms with Gasteiger partial charge in [0.25, 0.3) is 0 Å². The van der Waals surface area contributed by atoms with Crippen LogP contribution >= 0.6 is 11.8 Å². The molecule has 16 heavy (non-hydrogen) atoms. The third kappa shape index (κ3) is 2.81. The van der Waals surface area contributed by atoms with Crippen LogP contribution in [0.4, 0.5) is 0 Å². The fourth-order valence-electron chi connectivity index (χ4n) is 2.00. The Labute approximate surface area is 102 Å². The number of hydrogen-bond acceptors (Lipinski definition) is 2. The molecule has 0 fully saturated rings. The van der Waals surface area contributed by atoms with Gasteiger partial charge in [-0.15, -0.1) is 17.7 Å². The van der Waals surface area contributed by atoms with E-state index in [0.717, 1.165) is 6.54 Å². The predicted molar refractivity (Wildman–Crippen MR) is 70.6 cm³/mol. The summed E-state index contributed by atoms with van der Waals surface area (Å²) in [5, 5.41) is 3.53. The summed E-state index contributed by atoms with van der Waals surface area (Å²) in [6, 6.07) is 9.20. The Bertz CT molecular complexity index is 403. The highest BCUT2D eigenvalue weighted by Gasteiger charge is 2.17. The first kappa shape index (κ1) is 11.6. The second-order valence-corrected chi connectivity index (χ2v) is 5.03. The maximum atomic E-state index is 3.53. The van der Waals surface area contributed by atoms with Crippen LogP contribution in [0.15, 0.2) is 29.2 Å². The van der Waals surface area contributed by atoms with Gasteiger partial charge in [0, 0.05) is 10.9 Å². The molecule has 1 aromatic carbocycles. The summed E-state index contributed by atoms with van der Waals surface area (Å²) in [7, 11) is 0. The molecule has 84 valence electrons. The number of thioether (sulfide) groups is 1. The average Bonchev–Trinajstić information content (AvgIpc) is 2.52. The summed E-state index contributed by atoms with van der Waals surface area (Å²) in [5.41, 5.74) is 1.45. The lowest BCUT2D eigenvalue weighted by atomic mass is 10.0. The third-order valence-electron chi connectivity index (χ3n) is 2.80. The van der Waals surface area contributed by atoms with Gasteiger partial charge in [0.15, 0.2) is 0 Å². The Morgan fingerprint density at radius 1 is 1.44 bits per heavy atom. The molecular weight excluding hydrogens is 214 g/mol. The lowest BCUT2D eigenvalue weighted by molar-refractivity contribution is 0.523. The van der Waals surface area contributed by atoms with E-state index in [1.807, 2.05) is 18.7 Å². The van der Waals surface area contributed by atoms with E-state index in [-0.39, 0.29) is 0 Å². The van der Waals surface area contributed by atoms with Crippen LogP contribution in [0.3, 0.4) is 0 Å². The van der Waals surface area contributed by atoms with Gasteiger partial charge in [-0.25, -0.2) is 0 Å². The zero-order valence-corrected chi connectivity index (χ0v) is 10.4. The summed E-state index contributed by atoms with van der Waals surface area (Å²) >= 11 is 1.98. The first-order valence-electron chi connectivity index (χ1n) is 5.76. The van der Waals surface area contributed by atoms with Crippen molar-refractivity contribution in [2.75, 3.05) is 12.3 Å². The van der Waals surface area contributed by atoms with Crippen molar-refractivity contribution in [3.8, 4) is 11.8 Å². The van der Waals surface area contributed by atoms with Gasteiger partial charge in [-0.3, -0.25) is 5.32 Å². The van der Waals surface area contributed by atoms with Crippen molar-refractivity contribution in [1.29, 1.82) is 0 Å². The van der Waals surface area contributed by atoms with E-state index in [4.69, 9.17) is 0 Å². The van der Waals surface area contributed by atoms with E-state index in [0.29, 0.717) is 6.04 Å². The van der Waals surface area contributed by atoms with Crippen LogP contribution < -0.4 is 5.32 Å². The number of fused-ring (bicyclic) bond motifs is 1. The van der Waals surface area contributed by atoms with Crippen LogP contribution in [0, 0.1) is 11.8 Å². The second kappa shape index (κ2) is 5.98. The highest BCUT2D eigenvalue weighted by atomic mass is 32.2. The van der Waals surface area contributed by atoms with Crippen LogP contribution in [0.5, 0.6) is 0 Å². The molecule has 0 spiro atoms. The monoisotopic (exact) mass is 231 g/mol. The molecule has 2 rings (SSSR count). The van der Waals surface area contributed by atoms with Gasteiger partial charge in [0.1, 0.15) is 0 Å². The van der Waals surface area contributed by atoms with Crippen LogP contribution in [0.25, 0.3) is 0 Å². The lowest BCUT2D eigenvalue weighted by Crippen LogP contribution is -2.21. The lowest BCUT2D eigenvalue weighted by Gasteiger charge is -2.17. The van der Waals surface area contributed by atoms with Crippen molar-refractivity contribution < 1.29 is 0 Å². The fraction of sp³-hybridized carbons (Fsp3) is 0.429. The molecule has 2 heteroatoms. The minimum absolute atomic E-state index is 0.479. The van der Waals surface area contributed by atoms with Gasteiger partial charge in [-0.05, 0) is 37.1 Å². The molecule has 0 aromatic heterocycles. The topological polar surface area (TPSA) is 12.0 Å². The molecule has 0 bridgehead atoms. The Morgan fingerprint density at radius 2 is 2.31 bits per heavy atom. The number of benzene rings is 1. The molecule has 1 N–H and O–H groups in total. The molecule has 1 nitrogen and oxygen atoms in total. The Morgan fingerprint density at radius 3 is 3.19 bits per heavy atom. The average molecular weight is 231 g/mol. The summed E-state index contributed by atoms with van der Waals surface area (Å²) in [4.78, 5) is 1.43. The first-order chi connectivity index (χ1) is 7.92. The normalized spacial score (nSPS) is 19.2. The summed E-state index contributed by atoms with van der Waals surface area (Å²) in [6.45, 7) is 2.68. The zero-order valence-electron chi connectivity index (χ0n) is 9.62. The van der Waals surface area contributed by atoms with Crippen molar-refractivity contribution in [2.24, 2.45) is 0 Å². The summed E-state index contributed by atoms with van der Waals surface area (Å²) in [5.74, 6) is 7.24. The van der Waals surface area contributed by atoms with E-state index < -0.39 is 0 Å². The Balaban J connectivity index is 2.14. The van der Waals surface area contributed by atoms with Crippen LogP contribution in [-0.4, -0.2) is 12.3 Å². The zero-order chi connectivity index (χ0) is 11.2. The van der Waals surface area contributed by atoms with Gasteiger partial charge in [-0.1, -0.05) is 24.1 Å². The molecule has 1 aliphatic heterocycles. The summed E-state index contributed by atoms with van der Waals surface area (Å²) < 4.78 is 0. The molecule has 1 heterocycles. The van der Waals surface area contributed by atoms with Gasteiger partial charge in [0.05, 0.1) is 6.54 Å².